The van der Waals surface area contributed by atoms with Gasteiger partial charge in [-0.2, -0.15) is 0 Å². The van der Waals surface area contributed by atoms with E-state index in [9.17, 15) is 0 Å². The second kappa shape index (κ2) is 5.29. The Labute approximate surface area is 133 Å². The number of nitrogens with zero attached hydrogens (tertiary/aromatic N) is 7. The number of rotatable bonds is 3. The predicted octanol–water partition coefficient (Wildman–Crippen LogP) is 1.57. The Kier molecular flexibility index (Phi) is 3.24. The first kappa shape index (κ1) is 14.1. The van der Waals surface area contributed by atoms with Crippen LogP contribution in [-0.4, -0.2) is 40.6 Å². The monoisotopic (exact) mass is 312 g/mol. The summed E-state index contributed by atoms with van der Waals surface area (Å²) >= 11 is 0. The van der Waals surface area contributed by atoms with Crippen LogP contribution in [0, 0.1) is 6.92 Å². The van der Waals surface area contributed by atoms with Crippen molar-refractivity contribution in [2.45, 2.75) is 52.1 Å². The van der Waals surface area contributed by atoms with Gasteiger partial charge in [-0.1, -0.05) is 13.8 Å². The lowest BCUT2D eigenvalue weighted by atomic mass is 10.1. The molecule has 1 atom stereocenters. The van der Waals surface area contributed by atoms with Crippen molar-refractivity contribution < 1.29 is 0 Å². The molecule has 0 fully saturated rings. The summed E-state index contributed by atoms with van der Waals surface area (Å²) in [5, 5.41) is 20.9. The van der Waals surface area contributed by atoms with E-state index >= 15 is 0 Å². The molecule has 0 aliphatic carbocycles. The summed E-state index contributed by atoms with van der Waals surface area (Å²) in [5.74, 6) is 4.06. The average molecular weight is 312 g/mol. The van der Waals surface area contributed by atoms with Crippen molar-refractivity contribution >= 4 is 11.5 Å². The Hall–Kier alpha value is -2.51. The van der Waals surface area contributed by atoms with Crippen molar-refractivity contribution in [1.29, 1.82) is 0 Å². The molecule has 0 saturated heterocycles. The lowest BCUT2D eigenvalue weighted by Gasteiger charge is -2.26. The number of aromatic nitrogens is 7. The summed E-state index contributed by atoms with van der Waals surface area (Å²) in [4.78, 5) is 4.30. The van der Waals surface area contributed by atoms with Gasteiger partial charge in [0, 0.05) is 24.9 Å². The van der Waals surface area contributed by atoms with Crippen LogP contribution in [0.1, 0.15) is 43.7 Å². The normalized spacial score (nSPS) is 17.7. The van der Waals surface area contributed by atoms with E-state index in [1.165, 1.54) is 0 Å². The van der Waals surface area contributed by atoms with Gasteiger partial charge < -0.3 is 9.88 Å². The van der Waals surface area contributed by atoms with Gasteiger partial charge in [0.1, 0.15) is 23.3 Å². The molecule has 4 rings (SSSR count). The first-order valence-corrected chi connectivity index (χ1v) is 7.99. The number of anilines is 1. The molecule has 3 aromatic rings. The molecule has 3 aromatic heterocycles. The van der Waals surface area contributed by atoms with Crippen LogP contribution in [-0.2, 0) is 13.0 Å². The van der Waals surface area contributed by atoms with Crippen molar-refractivity contribution in [2.75, 3.05) is 5.32 Å². The van der Waals surface area contributed by atoms with E-state index in [0.717, 1.165) is 48.3 Å². The van der Waals surface area contributed by atoms with E-state index in [2.05, 4.69) is 49.1 Å². The van der Waals surface area contributed by atoms with E-state index in [1.54, 1.807) is 4.63 Å². The second-order valence-electron chi connectivity index (χ2n) is 6.34. The molecule has 1 N–H and O–H groups in total. The van der Waals surface area contributed by atoms with Crippen molar-refractivity contribution in [1.82, 2.24) is 34.6 Å². The number of hydrogen-bond donors (Lipinski definition) is 1. The highest BCUT2D eigenvalue weighted by molar-refractivity contribution is 5.44. The largest absolute Gasteiger partial charge is 0.364 e. The minimum absolute atomic E-state index is 0.311. The highest BCUT2D eigenvalue weighted by Crippen LogP contribution is 2.21. The number of aryl methyl sites for hydroxylation is 2. The Balaban J connectivity index is 1.55. The summed E-state index contributed by atoms with van der Waals surface area (Å²) in [6, 6.07) is 4.20. The lowest BCUT2D eigenvalue weighted by Crippen LogP contribution is -2.32. The van der Waals surface area contributed by atoms with Crippen LogP contribution in [0.2, 0.25) is 0 Å². The molecule has 8 heteroatoms. The van der Waals surface area contributed by atoms with E-state index < -0.39 is 0 Å². The molecule has 0 amide bonds. The van der Waals surface area contributed by atoms with E-state index in [4.69, 9.17) is 0 Å². The highest BCUT2D eigenvalue weighted by atomic mass is 15.5. The molecule has 0 unspecified atom stereocenters. The van der Waals surface area contributed by atoms with Gasteiger partial charge in [-0.3, -0.25) is 0 Å². The van der Waals surface area contributed by atoms with Crippen molar-refractivity contribution in [2.24, 2.45) is 0 Å². The van der Waals surface area contributed by atoms with E-state index in [1.807, 2.05) is 19.1 Å². The molecule has 0 aromatic carbocycles. The molecule has 4 heterocycles. The Morgan fingerprint density at radius 3 is 2.91 bits per heavy atom. The van der Waals surface area contributed by atoms with Crippen LogP contribution in [0.25, 0.3) is 5.65 Å². The van der Waals surface area contributed by atoms with Gasteiger partial charge in [-0.05, 0) is 25.5 Å². The van der Waals surface area contributed by atoms with Crippen molar-refractivity contribution in [3.05, 3.63) is 29.6 Å². The maximum Gasteiger partial charge on any atom is 0.176 e. The van der Waals surface area contributed by atoms with Crippen molar-refractivity contribution in [3.8, 4) is 0 Å². The fourth-order valence-electron chi connectivity index (χ4n) is 3.07. The molecule has 120 valence electrons. The molecule has 0 radical (unpaired) electrons. The summed E-state index contributed by atoms with van der Waals surface area (Å²) in [6.07, 6.45) is 1.95. The fraction of sp³-hybridized carbons (Fsp3) is 0.533. The quantitative estimate of drug-likeness (QED) is 0.790. The number of hydrogen-bond acceptors (Lipinski definition) is 6. The molecule has 1 aliphatic heterocycles. The van der Waals surface area contributed by atoms with Gasteiger partial charge in [-0.15, -0.1) is 25.0 Å². The lowest BCUT2D eigenvalue weighted by molar-refractivity contribution is 0.458. The maximum atomic E-state index is 4.48. The third-order valence-electron chi connectivity index (χ3n) is 4.16. The number of nitrogens with one attached hydrogen (secondary N) is 1. The molecule has 1 aliphatic rings. The predicted molar refractivity (Wildman–Crippen MR) is 85.4 cm³/mol. The Morgan fingerprint density at radius 1 is 1.22 bits per heavy atom. The Morgan fingerprint density at radius 2 is 2.09 bits per heavy atom. The molecule has 0 bridgehead atoms. The SMILES string of the molecule is Cc1nc2ccc(N[C@@H]3CCc4nnc(C(C)C)n4C3)nn2n1. The van der Waals surface area contributed by atoms with Gasteiger partial charge >= 0.3 is 0 Å². The van der Waals surface area contributed by atoms with Crippen LogP contribution in [0.5, 0.6) is 0 Å². The molecular formula is C15H20N8. The van der Waals surface area contributed by atoms with Crippen molar-refractivity contribution in [3.63, 3.8) is 0 Å². The molecule has 8 nitrogen and oxygen atoms in total. The van der Waals surface area contributed by atoms with Crippen LogP contribution >= 0.6 is 0 Å². The third kappa shape index (κ3) is 2.54. The van der Waals surface area contributed by atoms with Crippen LogP contribution in [0.4, 0.5) is 5.82 Å². The van der Waals surface area contributed by atoms with Gasteiger partial charge in [-0.25, -0.2) is 4.98 Å². The Bertz CT molecular complexity index is 846. The zero-order valence-corrected chi connectivity index (χ0v) is 13.6. The first-order chi connectivity index (χ1) is 11.1. The third-order valence-corrected chi connectivity index (χ3v) is 4.16. The average Bonchev–Trinajstić information content (AvgIpc) is 3.08. The standard InChI is InChI=1S/C15H20N8/c1-9(2)15-19-18-14-6-4-11(8-22(14)15)17-12-5-7-13-16-10(3)20-23(13)21-12/h5,7,9,11H,4,6,8H2,1-3H3,(H,17,21)/t11-/m1/s1. The molecule has 23 heavy (non-hydrogen) atoms. The zero-order chi connectivity index (χ0) is 16.0. The maximum absolute atomic E-state index is 4.48. The fourth-order valence-corrected chi connectivity index (χ4v) is 3.07. The zero-order valence-electron chi connectivity index (χ0n) is 13.6. The van der Waals surface area contributed by atoms with E-state index in [0.29, 0.717) is 12.0 Å². The molecule has 0 saturated carbocycles. The smallest absolute Gasteiger partial charge is 0.176 e. The summed E-state index contributed by atoms with van der Waals surface area (Å²) in [5.41, 5.74) is 0.764. The summed E-state index contributed by atoms with van der Waals surface area (Å²) in [6.45, 7) is 7.03. The molecule has 0 spiro atoms. The van der Waals surface area contributed by atoms with Crippen LogP contribution in [0.15, 0.2) is 12.1 Å². The minimum Gasteiger partial charge on any atom is -0.364 e. The van der Waals surface area contributed by atoms with Gasteiger partial charge in [0.25, 0.3) is 0 Å². The van der Waals surface area contributed by atoms with Gasteiger partial charge in [0.05, 0.1) is 0 Å². The minimum atomic E-state index is 0.311. The summed E-state index contributed by atoms with van der Waals surface area (Å²) in [7, 11) is 0. The number of fused-ring (bicyclic) bond motifs is 2. The second-order valence-corrected chi connectivity index (χ2v) is 6.34. The van der Waals surface area contributed by atoms with Gasteiger partial charge in [0.2, 0.25) is 0 Å². The molecular weight excluding hydrogens is 292 g/mol. The highest BCUT2D eigenvalue weighted by Gasteiger charge is 2.24. The topological polar surface area (TPSA) is 85.8 Å². The van der Waals surface area contributed by atoms with E-state index in [-0.39, 0.29) is 0 Å². The van der Waals surface area contributed by atoms with Crippen LogP contribution in [0.3, 0.4) is 0 Å². The van der Waals surface area contributed by atoms with Crippen LogP contribution < -0.4 is 5.32 Å². The summed E-state index contributed by atoms with van der Waals surface area (Å²) < 4.78 is 3.81. The van der Waals surface area contributed by atoms with Gasteiger partial charge in [0.15, 0.2) is 5.65 Å². The first-order valence-electron chi connectivity index (χ1n) is 7.99.